The van der Waals surface area contributed by atoms with E-state index in [9.17, 15) is 4.79 Å². The van der Waals surface area contributed by atoms with Crippen LogP contribution < -0.4 is 5.32 Å². The average Bonchev–Trinajstić information content (AvgIpc) is 2.88. The first-order chi connectivity index (χ1) is 10.2. The molecule has 0 aliphatic heterocycles. The summed E-state index contributed by atoms with van der Waals surface area (Å²) in [5, 5.41) is 3.61. The van der Waals surface area contributed by atoms with Gasteiger partial charge in [0.15, 0.2) is 0 Å². The number of methoxy groups -OCH3 is 1. The molecule has 3 nitrogen and oxygen atoms in total. The second-order valence-electron chi connectivity index (χ2n) is 6.11. The Morgan fingerprint density at radius 3 is 2.62 bits per heavy atom. The van der Waals surface area contributed by atoms with Gasteiger partial charge in [-0.05, 0) is 30.2 Å². The molecular weight excluding hydrogens is 262 g/mol. The number of nitrogens with one attached hydrogen (secondary N) is 1. The van der Waals surface area contributed by atoms with Gasteiger partial charge in [-0.15, -0.1) is 0 Å². The summed E-state index contributed by atoms with van der Waals surface area (Å²) >= 11 is 0. The number of hydrogen-bond donors (Lipinski definition) is 1. The van der Waals surface area contributed by atoms with Gasteiger partial charge in [-0.2, -0.15) is 0 Å². The highest BCUT2D eigenvalue weighted by Gasteiger charge is 2.32. The molecule has 1 fully saturated rings. The molecule has 116 valence electrons. The smallest absolute Gasteiger partial charge is 0.314 e. The van der Waals surface area contributed by atoms with Gasteiger partial charge in [0.05, 0.1) is 13.0 Å². The van der Waals surface area contributed by atoms with Crippen LogP contribution in [0.1, 0.15) is 44.6 Å². The van der Waals surface area contributed by atoms with Crippen molar-refractivity contribution in [3.8, 4) is 0 Å². The molecule has 1 saturated carbocycles. The molecule has 1 aliphatic rings. The van der Waals surface area contributed by atoms with E-state index in [4.69, 9.17) is 4.74 Å². The zero-order valence-electron chi connectivity index (χ0n) is 13.3. The van der Waals surface area contributed by atoms with Crippen LogP contribution in [0.4, 0.5) is 0 Å². The minimum absolute atomic E-state index is 0.161. The minimum atomic E-state index is -0.218. The minimum Gasteiger partial charge on any atom is -0.469 e. The van der Waals surface area contributed by atoms with Crippen LogP contribution in [-0.4, -0.2) is 25.7 Å². The molecule has 3 heteroatoms. The summed E-state index contributed by atoms with van der Waals surface area (Å²) in [6.07, 6.45) is 3.75. The lowest BCUT2D eigenvalue weighted by molar-refractivity contribution is -0.142. The van der Waals surface area contributed by atoms with E-state index in [1.165, 1.54) is 26.4 Å². The highest BCUT2D eigenvalue weighted by molar-refractivity contribution is 5.78. The van der Waals surface area contributed by atoms with Gasteiger partial charge < -0.3 is 10.1 Å². The zero-order valence-corrected chi connectivity index (χ0v) is 13.3. The normalized spacial score (nSPS) is 26.5. The number of ether oxygens (including phenoxy) is 1. The van der Waals surface area contributed by atoms with Crippen LogP contribution in [0.25, 0.3) is 0 Å². The molecule has 0 aromatic heterocycles. The molecular formula is C18H27NO2. The maximum absolute atomic E-state index is 12.1. The molecule has 0 radical (unpaired) electrons. The van der Waals surface area contributed by atoms with E-state index in [2.05, 4.69) is 19.2 Å². The predicted molar refractivity (Wildman–Crippen MR) is 85.2 cm³/mol. The Labute approximate surface area is 128 Å². The van der Waals surface area contributed by atoms with Crippen LogP contribution in [0.15, 0.2) is 30.3 Å². The number of carbonyl (C=O) groups excluding carboxylic acids is 1. The molecule has 1 aliphatic carbocycles. The molecule has 1 N–H and O–H groups in total. The Bertz CT molecular complexity index is 446. The highest BCUT2D eigenvalue weighted by Crippen LogP contribution is 2.34. The van der Waals surface area contributed by atoms with Crippen molar-refractivity contribution in [2.45, 2.75) is 45.1 Å². The van der Waals surface area contributed by atoms with E-state index in [0.717, 1.165) is 11.5 Å². The van der Waals surface area contributed by atoms with E-state index >= 15 is 0 Å². The molecule has 1 aromatic carbocycles. The molecule has 0 heterocycles. The summed E-state index contributed by atoms with van der Waals surface area (Å²) in [4.78, 5) is 12.1. The van der Waals surface area contributed by atoms with Gasteiger partial charge in [0.25, 0.3) is 0 Å². The van der Waals surface area contributed by atoms with E-state index < -0.39 is 0 Å². The molecule has 0 saturated heterocycles. The lowest BCUT2D eigenvalue weighted by Crippen LogP contribution is -2.37. The standard InChI is InChI=1S/C18H27NO2/c1-4-14-10-11-17(13(14)2)19-12-16(18(20)21-3)15-8-6-5-7-9-15/h5-9,13-14,16-17,19H,4,10-12H2,1-3H3. The maximum Gasteiger partial charge on any atom is 0.314 e. The van der Waals surface area contributed by atoms with Gasteiger partial charge >= 0.3 is 5.97 Å². The molecule has 1 aromatic rings. The number of esters is 1. The van der Waals surface area contributed by atoms with Crippen LogP contribution in [0.2, 0.25) is 0 Å². The largest absolute Gasteiger partial charge is 0.469 e. The van der Waals surface area contributed by atoms with Crippen LogP contribution >= 0.6 is 0 Å². The van der Waals surface area contributed by atoms with Crippen LogP contribution in [0.3, 0.4) is 0 Å². The molecule has 2 rings (SSSR count). The maximum atomic E-state index is 12.1. The fraction of sp³-hybridized carbons (Fsp3) is 0.611. The molecule has 21 heavy (non-hydrogen) atoms. The summed E-state index contributed by atoms with van der Waals surface area (Å²) < 4.78 is 4.97. The second kappa shape index (κ2) is 7.60. The molecule has 0 amide bonds. The first kappa shape index (κ1) is 16.0. The highest BCUT2D eigenvalue weighted by atomic mass is 16.5. The van der Waals surface area contributed by atoms with Crippen LogP contribution in [0, 0.1) is 11.8 Å². The van der Waals surface area contributed by atoms with Gasteiger partial charge in [0.2, 0.25) is 0 Å². The summed E-state index contributed by atoms with van der Waals surface area (Å²) in [6, 6.07) is 10.4. The monoisotopic (exact) mass is 289 g/mol. The van der Waals surface area contributed by atoms with Gasteiger partial charge in [-0.1, -0.05) is 50.6 Å². The SMILES string of the molecule is CCC1CCC(NCC(C(=O)OC)c2ccccc2)C1C. The van der Waals surface area contributed by atoms with E-state index in [-0.39, 0.29) is 11.9 Å². The summed E-state index contributed by atoms with van der Waals surface area (Å²) in [5.41, 5.74) is 1.02. The average molecular weight is 289 g/mol. The summed E-state index contributed by atoms with van der Waals surface area (Å²) in [6.45, 7) is 5.25. The zero-order chi connectivity index (χ0) is 15.2. The first-order valence-electron chi connectivity index (χ1n) is 8.03. The Kier molecular flexibility index (Phi) is 5.80. The van der Waals surface area contributed by atoms with Crippen molar-refractivity contribution in [3.63, 3.8) is 0 Å². The number of hydrogen-bond acceptors (Lipinski definition) is 3. The van der Waals surface area contributed by atoms with Crippen molar-refractivity contribution in [2.24, 2.45) is 11.8 Å². The number of rotatable bonds is 6. The van der Waals surface area contributed by atoms with Crippen molar-refractivity contribution < 1.29 is 9.53 Å². The Hall–Kier alpha value is -1.35. The third-order valence-corrected chi connectivity index (χ3v) is 5.02. The Balaban J connectivity index is 1.99. The van der Waals surface area contributed by atoms with E-state index in [1.807, 2.05) is 30.3 Å². The lowest BCUT2D eigenvalue weighted by atomic mass is 9.93. The van der Waals surface area contributed by atoms with Crippen molar-refractivity contribution in [3.05, 3.63) is 35.9 Å². The third kappa shape index (κ3) is 3.85. The molecule has 4 unspecified atom stereocenters. The second-order valence-corrected chi connectivity index (χ2v) is 6.11. The summed E-state index contributed by atoms with van der Waals surface area (Å²) in [7, 11) is 1.46. The van der Waals surface area contributed by atoms with Crippen molar-refractivity contribution in [2.75, 3.05) is 13.7 Å². The van der Waals surface area contributed by atoms with Gasteiger partial charge in [-0.3, -0.25) is 4.79 Å². The predicted octanol–water partition coefficient (Wildman–Crippen LogP) is 3.36. The lowest BCUT2D eigenvalue weighted by Gasteiger charge is -2.23. The Morgan fingerprint density at radius 1 is 1.33 bits per heavy atom. The molecule has 0 bridgehead atoms. The van der Waals surface area contributed by atoms with Crippen LogP contribution in [0.5, 0.6) is 0 Å². The fourth-order valence-corrected chi connectivity index (χ4v) is 3.55. The third-order valence-electron chi connectivity index (χ3n) is 5.02. The molecule has 0 spiro atoms. The Morgan fingerprint density at radius 2 is 2.05 bits per heavy atom. The topological polar surface area (TPSA) is 38.3 Å². The van der Waals surface area contributed by atoms with E-state index in [1.54, 1.807) is 0 Å². The van der Waals surface area contributed by atoms with Crippen molar-refractivity contribution in [1.82, 2.24) is 5.32 Å². The molecule has 4 atom stereocenters. The van der Waals surface area contributed by atoms with Crippen LogP contribution in [-0.2, 0) is 9.53 Å². The van der Waals surface area contributed by atoms with E-state index in [0.29, 0.717) is 18.5 Å². The van der Waals surface area contributed by atoms with Crippen molar-refractivity contribution >= 4 is 5.97 Å². The van der Waals surface area contributed by atoms with Gasteiger partial charge in [-0.25, -0.2) is 0 Å². The number of carbonyl (C=O) groups is 1. The summed E-state index contributed by atoms with van der Waals surface area (Å²) in [5.74, 6) is 1.12. The quantitative estimate of drug-likeness (QED) is 0.816. The van der Waals surface area contributed by atoms with Crippen molar-refractivity contribution in [1.29, 1.82) is 0 Å². The fourth-order valence-electron chi connectivity index (χ4n) is 3.55. The first-order valence-corrected chi connectivity index (χ1v) is 8.03. The van der Waals surface area contributed by atoms with Gasteiger partial charge in [0, 0.05) is 12.6 Å². The number of benzene rings is 1. The van der Waals surface area contributed by atoms with Gasteiger partial charge in [0.1, 0.15) is 0 Å².